The zero-order valence-corrected chi connectivity index (χ0v) is 11.5. The van der Waals surface area contributed by atoms with Crippen LogP contribution < -0.4 is 0 Å². The van der Waals surface area contributed by atoms with E-state index in [0.29, 0.717) is 18.2 Å². The molecule has 4 heteroatoms. The summed E-state index contributed by atoms with van der Waals surface area (Å²) in [6, 6.07) is 0. The van der Waals surface area contributed by atoms with Gasteiger partial charge in [-0.15, -0.1) is 0 Å². The van der Waals surface area contributed by atoms with Crippen LogP contribution in [0.15, 0.2) is 4.52 Å². The van der Waals surface area contributed by atoms with Crippen molar-refractivity contribution in [2.45, 2.75) is 57.5 Å². The molecule has 0 spiro atoms. The second-order valence-electron chi connectivity index (χ2n) is 6.87. The lowest BCUT2D eigenvalue weighted by Crippen LogP contribution is -2.43. The quantitative estimate of drug-likeness (QED) is 0.909. The Hall–Kier alpha value is -0.900. The van der Waals surface area contributed by atoms with E-state index in [1.807, 2.05) is 6.92 Å². The molecule has 4 saturated carbocycles. The van der Waals surface area contributed by atoms with Crippen LogP contribution in [0.2, 0.25) is 0 Å². The molecule has 1 aromatic rings. The number of hydrogen-bond donors (Lipinski definition) is 1. The summed E-state index contributed by atoms with van der Waals surface area (Å²) < 4.78 is 5.49. The van der Waals surface area contributed by atoms with Crippen LogP contribution in [-0.4, -0.2) is 15.2 Å². The fraction of sp³-hybridized carbons (Fsp3) is 0.867. The molecule has 0 aromatic carbocycles. The van der Waals surface area contributed by atoms with Crippen molar-refractivity contribution >= 4 is 0 Å². The smallest absolute Gasteiger partial charge is 0.230 e. The first-order valence-corrected chi connectivity index (χ1v) is 7.76. The van der Waals surface area contributed by atoms with Gasteiger partial charge in [0.25, 0.3) is 0 Å². The summed E-state index contributed by atoms with van der Waals surface area (Å²) in [5, 5.41) is 13.8. The van der Waals surface area contributed by atoms with E-state index in [-0.39, 0.29) is 0 Å². The van der Waals surface area contributed by atoms with E-state index < -0.39 is 6.10 Å². The highest BCUT2D eigenvalue weighted by Crippen LogP contribution is 2.59. The topological polar surface area (TPSA) is 59.2 Å². The van der Waals surface area contributed by atoms with Crippen LogP contribution in [0.4, 0.5) is 0 Å². The van der Waals surface area contributed by atoms with E-state index in [9.17, 15) is 5.11 Å². The lowest BCUT2D eigenvalue weighted by Gasteiger charge is -2.53. The Morgan fingerprint density at radius 2 is 1.79 bits per heavy atom. The molecule has 1 heterocycles. The highest BCUT2D eigenvalue weighted by atomic mass is 16.5. The normalized spacial score (nSPS) is 41.7. The van der Waals surface area contributed by atoms with Gasteiger partial charge in [0.2, 0.25) is 5.89 Å². The van der Waals surface area contributed by atoms with Crippen molar-refractivity contribution < 1.29 is 9.63 Å². The Bertz CT molecular complexity index is 442. The standard InChI is InChI=1S/C15H22N2O2/c1-2-12(18)14-16-15(19-17-14)13-10-4-8-3-9(6-10)7-11(13)5-8/h8-13,18H,2-7H2,1H3. The molecule has 0 radical (unpaired) electrons. The van der Waals surface area contributed by atoms with E-state index >= 15 is 0 Å². The molecule has 104 valence electrons. The molecule has 5 rings (SSSR count). The number of hydrogen-bond acceptors (Lipinski definition) is 4. The van der Waals surface area contributed by atoms with Crippen molar-refractivity contribution in [1.82, 2.24) is 10.1 Å². The molecule has 0 amide bonds. The van der Waals surface area contributed by atoms with Crippen molar-refractivity contribution in [3.63, 3.8) is 0 Å². The summed E-state index contributed by atoms with van der Waals surface area (Å²) in [4.78, 5) is 4.50. The van der Waals surface area contributed by atoms with Crippen LogP contribution in [0.3, 0.4) is 0 Å². The van der Waals surface area contributed by atoms with Gasteiger partial charge in [0.15, 0.2) is 5.82 Å². The fourth-order valence-corrected chi connectivity index (χ4v) is 5.03. The first-order valence-electron chi connectivity index (χ1n) is 7.76. The maximum Gasteiger partial charge on any atom is 0.230 e. The van der Waals surface area contributed by atoms with Crippen molar-refractivity contribution in [1.29, 1.82) is 0 Å². The van der Waals surface area contributed by atoms with Crippen molar-refractivity contribution in [3.8, 4) is 0 Å². The van der Waals surface area contributed by atoms with E-state index in [4.69, 9.17) is 4.52 Å². The molecule has 0 aliphatic heterocycles. The van der Waals surface area contributed by atoms with Crippen LogP contribution in [0.1, 0.15) is 69.2 Å². The monoisotopic (exact) mass is 262 g/mol. The van der Waals surface area contributed by atoms with Gasteiger partial charge in [-0.1, -0.05) is 12.1 Å². The Labute approximate surface area is 113 Å². The van der Waals surface area contributed by atoms with Gasteiger partial charge >= 0.3 is 0 Å². The second kappa shape index (κ2) is 4.30. The van der Waals surface area contributed by atoms with Crippen LogP contribution in [0, 0.1) is 23.7 Å². The summed E-state index contributed by atoms with van der Waals surface area (Å²) in [5.41, 5.74) is 0. The van der Waals surface area contributed by atoms with Crippen molar-refractivity contribution in [2.75, 3.05) is 0 Å². The van der Waals surface area contributed by atoms with Gasteiger partial charge in [-0.3, -0.25) is 0 Å². The third kappa shape index (κ3) is 1.83. The summed E-state index contributed by atoms with van der Waals surface area (Å²) in [6.07, 6.45) is 6.94. The van der Waals surface area contributed by atoms with Gasteiger partial charge in [0, 0.05) is 5.92 Å². The van der Waals surface area contributed by atoms with E-state index in [1.54, 1.807) is 0 Å². The Kier molecular flexibility index (Phi) is 2.69. The SMILES string of the molecule is CCC(O)c1noc(C2C3CC4CC(C3)CC2C4)n1. The Morgan fingerprint density at radius 3 is 2.37 bits per heavy atom. The summed E-state index contributed by atoms with van der Waals surface area (Å²) in [5.74, 6) is 5.18. The van der Waals surface area contributed by atoms with E-state index in [1.165, 1.54) is 32.1 Å². The summed E-state index contributed by atoms with van der Waals surface area (Å²) in [7, 11) is 0. The molecular weight excluding hydrogens is 240 g/mol. The highest BCUT2D eigenvalue weighted by molar-refractivity contribution is 5.09. The second-order valence-corrected chi connectivity index (χ2v) is 6.87. The minimum absolute atomic E-state index is 0.470. The number of nitrogens with zero attached hydrogens (tertiary/aromatic N) is 2. The molecule has 1 atom stereocenters. The molecule has 19 heavy (non-hydrogen) atoms. The minimum Gasteiger partial charge on any atom is -0.385 e. The average Bonchev–Trinajstić information content (AvgIpc) is 2.86. The third-order valence-electron chi connectivity index (χ3n) is 5.65. The molecule has 4 aliphatic carbocycles. The number of rotatable bonds is 3. The highest BCUT2D eigenvalue weighted by Gasteiger charge is 2.50. The number of aromatic nitrogens is 2. The van der Waals surface area contributed by atoms with Gasteiger partial charge < -0.3 is 9.63 Å². The van der Waals surface area contributed by atoms with Gasteiger partial charge in [-0.25, -0.2) is 0 Å². The van der Waals surface area contributed by atoms with Gasteiger partial charge in [0.05, 0.1) is 0 Å². The Morgan fingerprint density at radius 1 is 1.16 bits per heavy atom. The molecule has 4 bridgehead atoms. The van der Waals surface area contributed by atoms with Gasteiger partial charge in [0.1, 0.15) is 6.10 Å². The zero-order valence-electron chi connectivity index (χ0n) is 11.5. The molecule has 4 fully saturated rings. The number of aliphatic hydroxyl groups excluding tert-OH is 1. The molecule has 0 saturated heterocycles. The van der Waals surface area contributed by atoms with E-state index in [2.05, 4.69) is 10.1 Å². The summed E-state index contributed by atoms with van der Waals surface area (Å²) >= 11 is 0. The number of aliphatic hydroxyl groups is 1. The predicted octanol–water partition coefficient (Wildman–Crippen LogP) is 3.05. The van der Waals surface area contributed by atoms with Crippen molar-refractivity contribution in [3.05, 3.63) is 11.7 Å². The predicted molar refractivity (Wildman–Crippen MR) is 69.3 cm³/mol. The molecular formula is C15H22N2O2. The largest absolute Gasteiger partial charge is 0.385 e. The average molecular weight is 262 g/mol. The van der Waals surface area contributed by atoms with Crippen molar-refractivity contribution in [2.24, 2.45) is 23.7 Å². The zero-order chi connectivity index (χ0) is 13.0. The maximum absolute atomic E-state index is 9.81. The molecule has 1 unspecified atom stereocenters. The maximum atomic E-state index is 9.81. The molecule has 1 N–H and O–H groups in total. The van der Waals surface area contributed by atoms with Crippen LogP contribution in [0.5, 0.6) is 0 Å². The summed E-state index contributed by atoms with van der Waals surface area (Å²) in [6.45, 7) is 1.93. The van der Waals surface area contributed by atoms with Crippen LogP contribution >= 0.6 is 0 Å². The molecule has 4 aliphatic rings. The Balaban J connectivity index is 1.60. The van der Waals surface area contributed by atoms with Crippen LogP contribution in [-0.2, 0) is 0 Å². The lowest BCUT2D eigenvalue weighted by molar-refractivity contribution is -0.0131. The van der Waals surface area contributed by atoms with Gasteiger partial charge in [-0.05, 0) is 62.2 Å². The first-order chi connectivity index (χ1) is 9.24. The first kappa shape index (κ1) is 11.9. The lowest BCUT2D eigenvalue weighted by atomic mass is 9.52. The minimum atomic E-state index is -0.575. The van der Waals surface area contributed by atoms with Gasteiger partial charge in [-0.2, -0.15) is 4.98 Å². The third-order valence-corrected chi connectivity index (χ3v) is 5.65. The fourth-order valence-electron chi connectivity index (χ4n) is 5.03. The van der Waals surface area contributed by atoms with Crippen LogP contribution in [0.25, 0.3) is 0 Å². The molecule has 1 aromatic heterocycles. The van der Waals surface area contributed by atoms with E-state index in [0.717, 1.165) is 29.6 Å². The molecule has 4 nitrogen and oxygen atoms in total.